The van der Waals surface area contributed by atoms with E-state index in [0.29, 0.717) is 42.9 Å². The monoisotopic (exact) mass is 393 g/mol. The lowest BCUT2D eigenvalue weighted by Gasteiger charge is -2.42. The zero-order chi connectivity index (χ0) is 18.8. The molecule has 1 N–H and O–H groups in total. The first kappa shape index (κ1) is 18.4. The Bertz CT molecular complexity index is 716. The minimum atomic E-state index is -0.108. The number of para-hydroxylation sites is 1. The molecule has 3 heterocycles. The van der Waals surface area contributed by atoms with Gasteiger partial charge in [0.2, 0.25) is 5.91 Å². The molecule has 0 saturated carbocycles. The van der Waals surface area contributed by atoms with Crippen LogP contribution in [-0.4, -0.2) is 73.3 Å². The number of halogens is 1. The number of nitrogens with one attached hydrogen (secondary N) is 1. The maximum Gasteiger partial charge on any atom is 0.320 e. The zero-order valence-corrected chi connectivity index (χ0v) is 15.9. The van der Waals surface area contributed by atoms with Crippen LogP contribution in [0.2, 0.25) is 5.02 Å². The second-order valence-corrected chi connectivity index (χ2v) is 7.79. The molecule has 1 aromatic carbocycles. The highest BCUT2D eigenvalue weighted by molar-refractivity contribution is 6.32. The van der Waals surface area contributed by atoms with Crippen LogP contribution in [0.5, 0.6) is 5.75 Å². The van der Waals surface area contributed by atoms with Crippen molar-refractivity contribution in [2.24, 2.45) is 5.92 Å². The minimum absolute atomic E-state index is 0.0158. The molecule has 27 heavy (non-hydrogen) atoms. The first-order chi connectivity index (χ1) is 13.1. The van der Waals surface area contributed by atoms with E-state index in [1.165, 1.54) is 0 Å². The van der Waals surface area contributed by atoms with Gasteiger partial charge in [-0.05, 0) is 25.0 Å². The van der Waals surface area contributed by atoms with Crippen LogP contribution in [0.25, 0.3) is 0 Å². The molecule has 146 valence electrons. The highest BCUT2D eigenvalue weighted by Crippen LogP contribution is 2.26. The molecule has 3 atom stereocenters. The van der Waals surface area contributed by atoms with Gasteiger partial charge in [0, 0.05) is 32.1 Å². The number of morpholine rings is 1. The third-order valence-corrected chi connectivity index (χ3v) is 5.77. The summed E-state index contributed by atoms with van der Waals surface area (Å²) in [5.74, 6) is 0.864. The van der Waals surface area contributed by atoms with Crippen LogP contribution in [0.1, 0.15) is 12.8 Å². The summed E-state index contributed by atoms with van der Waals surface area (Å²) >= 11 is 6.12. The third-order valence-electron chi connectivity index (χ3n) is 5.46. The zero-order valence-electron chi connectivity index (χ0n) is 15.1. The molecule has 3 saturated heterocycles. The Hall–Kier alpha value is -1.99. The molecule has 3 amide bonds. The Kier molecular flexibility index (Phi) is 5.41. The molecule has 1 unspecified atom stereocenters. The molecule has 1 aromatic rings. The fraction of sp³-hybridized carbons (Fsp3) is 0.579. The number of rotatable bonds is 3. The lowest BCUT2D eigenvalue weighted by molar-refractivity contribution is -0.139. The Labute approximate surface area is 163 Å². The molecule has 3 fully saturated rings. The van der Waals surface area contributed by atoms with Crippen molar-refractivity contribution in [2.45, 2.75) is 25.0 Å². The van der Waals surface area contributed by atoms with E-state index in [1.54, 1.807) is 6.07 Å². The van der Waals surface area contributed by atoms with Gasteiger partial charge in [0.1, 0.15) is 12.4 Å². The molecule has 0 bridgehead atoms. The van der Waals surface area contributed by atoms with Crippen LogP contribution in [0, 0.1) is 5.92 Å². The van der Waals surface area contributed by atoms with E-state index >= 15 is 0 Å². The van der Waals surface area contributed by atoms with Gasteiger partial charge in [-0.1, -0.05) is 23.7 Å². The summed E-state index contributed by atoms with van der Waals surface area (Å²) in [5.41, 5.74) is 0. The molecule has 0 spiro atoms. The maximum absolute atomic E-state index is 12.9. The number of hydrogen-bond donors (Lipinski definition) is 1. The lowest BCUT2D eigenvalue weighted by Crippen LogP contribution is -2.62. The number of carbonyl (C=O) groups excluding carboxylic acids is 2. The van der Waals surface area contributed by atoms with E-state index in [1.807, 2.05) is 28.0 Å². The summed E-state index contributed by atoms with van der Waals surface area (Å²) in [7, 11) is 0. The number of carbonyl (C=O) groups is 2. The molecule has 3 aliphatic heterocycles. The smallest absolute Gasteiger partial charge is 0.320 e. The van der Waals surface area contributed by atoms with Gasteiger partial charge in [-0.15, -0.1) is 0 Å². The van der Waals surface area contributed by atoms with Crippen molar-refractivity contribution >= 4 is 23.5 Å². The largest absolute Gasteiger partial charge is 0.492 e. The lowest BCUT2D eigenvalue weighted by atomic mass is 10.0. The number of piperidine rings is 1. The van der Waals surface area contributed by atoms with Crippen LogP contribution in [0.4, 0.5) is 4.79 Å². The van der Waals surface area contributed by atoms with Crippen molar-refractivity contribution in [3.63, 3.8) is 0 Å². The van der Waals surface area contributed by atoms with Crippen LogP contribution in [0.3, 0.4) is 0 Å². The maximum atomic E-state index is 12.9. The molecule has 3 aliphatic rings. The van der Waals surface area contributed by atoms with Gasteiger partial charge in [-0.2, -0.15) is 0 Å². The van der Waals surface area contributed by atoms with Crippen molar-refractivity contribution in [3.8, 4) is 5.75 Å². The second kappa shape index (κ2) is 7.94. The SMILES string of the molecule is O=C1CO[C@H]2CCN(C(=O)N3CCC(COc4ccccc4Cl)C3)C[C@H]2N1. The van der Waals surface area contributed by atoms with Crippen LogP contribution < -0.4 is 10.1 Å². The Morgan fingerprint density at radius 1 is 1.22 bits per heavy atom. The molecule has 4 rings (SSSR count). The van der Waals surface area contributed by atoms with E-state index in [4.69, 9.17) is 21.1 Å². The Morgan fingerprint density at radius 2 is 2.00 bits per heavy atom. The van der Waals surface area contributed by atoms with E-state index in [0.717, 1.165) is 19.4 Å². The standard InChI is InChI=1S/C19H24ClN3O4/c20-14-3-1-2-4-16(14)26-11-13-5-7-22(9-13)19(25)23-8-6-17-15(10-23)21-18(24)12-27-17/h1-4,13,15,17H,5-12H2,(H,21,24)/t13?,15-,17+/m1/s1. The predicted molar refractivity (Wildman–Crippen MR) is 99.9 cm³/mol. The number of amides is 3. The summed E-state index contributed by atoms with van der Waals surface area (Å²) < 4.78 is 11.4. The number of nitrogens with zero attached hydrogens (tertiary/aromatic N) is 2. The topological polar surface area (TPSA) is 71.1 Å². The van der Waals surface area contributed by atoms with Crippen LogP contribution >= 0.6 is 11.6 Å². The predicted octanol–water partition coefficient (Wildman–Crippen LogP) is 1.75. The molecular weight excluding hydrogens is 370 g/mol. The van der Waals surface area contributed by atoms with Gasteiger partial charge < -0.3 is 24.6 Å². The van der Waals surface area contributed by atoms with Gasteiger partial charge in [0.05, 0.1) is 23.8 Å². The number of urea groups is 1. The molecule has 0 radical (unpaired) electrons. The summed E-state index contributed by atoms with van der Waals surface area (Å²) in [6.45, 7) is 3.23. The first-order valence-corrected chi connectivity index (χ1v) is 9.80. The van der Waals surface area contributed by atoms with Gasteiger partial charge in [0.25, 0.3) is 0 Å². The van der Waals surface area contributed by atoms with Crippen LogP contribution in [-0.2, 0) is 9.53 Å². The van der Waals surface area contributed by atoms with Crippen molar-refractivity contribution < 1.29 is 19.1 Å². The van der Waals surface area contributed by atoms with Gasteiger partial charge in [-0.3, -0.25) is 4.79 Å². The Balaban J connectivity index is 1.28. The highest BCUT2D eigenvalue weighted by atomic mass is 35.5. The normalized spacial score (nSPS) is 27.9. The number of hydrogen-bond acceptors (Lipinski definition) is 4. The molecular formula is C19H24ClN3O4. The van der Waals surface area contributed by atoms with E-state index in [2.05, 4.69) is 5.32 Å². The summed E-state index contributed by atoms with van der Waals surface area (Å²) in [5, 5.41) is 3.54. The number of ether oxygens (including phenoxy) is 2. The van der Waals surface area contributed by atoms with Gasteiger partial charge in [-0.25, -0.2) is 4.79 Å². The number of likely N-dealkylation sites (tertiary alicyclic amines) is 2. The minimum Gasteiger partial charge on any atom is -0.492 e. The van der Waals surface area contributed by atoms with Crippen LogP contribution in [0.15, 0.2) is 24.3 Å². The van der Waals surface area contributed by atoms with Crippen molar-refractivity contribution in [2.75, 3.05) is 39.4 Å². The highest BCUT2D eigenvalue weighted by Gasteiger charge is 2.38. The van der Waals surface area contributed by atoms with Crippen molar-refractivity contribution in [1.82, 2.24) is 15.1 Å². The molecule has 7 nitrogen and oxygen atoms in total. The van der Waals surface area contributed by atoms with Gasteiger partial charge in [0.15, 0.2) is 0 Å². The van der Waals surface area contributed by atoms with E-state index in [-0.39, 0.29) is 30.7 Å². The third kappa shape index (κ3) is 4.14. The van der Waals surface area contributed by atoms with E-state index < -0.39 is 0 Å². The Morgan fingerprint density at radius 3 is 2.85 bits per heavy atom. The van der Waals surface area contributed by atoms with Gasteiger partial charge >= 0.3 is 6.03 Å². The van der Waals surface area contributed by atoms with E-state index in [9.17, 15) is 9.59 Å². The average Bonchev–Trinajstić information content (AvgIpc) is 3.15. The second-order valence-electron chi connectivity index (χ2n) is 7.38. The van der Waals surface area contributed by atoms with Crippen molar-refractivity contribution in [3.05, 3.63) is 29.3 Å². The molecule has 8 heteroatoms. The quantitative estimate of drug-likeness (QED) is 0.849. The summed E-state index contributed by atoms with van der Waals surface area (Å²) in [6, 6.07) is 7.35. The average molecular weight is 394 g/mol. The van der Waals surface area contributed by atoms with Crippen molar-refractivity contribution in [1.29, 1.82) is 0 Å². The fourth-order valence-electron chi connectivity index (χ4n) is 3.99. The summed E-state index contributed by atoms with van der Waals surface area (Å²) in [6.07, 6.45) is 1.68. The first-order valence-electron chi connectivity index (χ1n) is 9.42. The number of fused-ring (bicyclic) bond motifs is 1. The molecule has 0 aromatic heterocycles. The fourth-order valence-corrected chi connectivity index (χ4v) is 4.18. The summed E-state index contributed by atoms with van der Waals surface area (Å²) in [4.78, 5) is 28.1. The molecule has 0 aliphatic carbocycles. The number of benzene rings is 1.